The highest BCUT2D eigenvalue weighted by molar-refractivity contribution is 5.93. The number of pyridine rings is 2. The molecule has 0 saturated heterocycles. The van der Waals surface area contributed by atoms with Crippen LogP contribution in [0.1, 0.15) is 11.3 Å². The first-order valence-corrected chi connectivity index (χ1v) is 6.80. The molecule has 3 rings (SSSR count). The summed E-state index contributed by atoms with van der Waals surface area (Å²) in [6.07, 6.45) is 4.21. The van der Waals surface area contributed by atoms with Crippen LogP contribution >= 0.6 is 0 Å². The number of rotatable bonds is 4. The summed E-state index contributed by atoms with van der Waals surface area (Å²) in [5.41, 5.74) is 3.33. The van der Waals surface area contributed by atoms with Gasteiger partial charge in [0.1, 0.15) is 6.07 Å². The van der Waals surface area contributed by atoms with Crippen molar-refractivity contribution in [3.63, 3.8) is 0 Å². The summed E-state index contributed by atoms with van der Waals surface area (Å²) >= 11 is 0. The fourth-order valence-corrected chi connectivity index (χ4v) is 2.28. The predicted molar refractivity (Wildman–Crippen MR) is 82.9 cm³/mol. The molecule has 0 fully saturated rings. The molecule has 2 aromatic heterocycles. The Balaban J connectivity index is 1.84. The Bertz CT molecular complexity index is 791. The van der Waals surface area contributed by atoms with Crippen molar-refractivity contribution >= 4 is 16.6 Å². The molecule has 21 heavy (non-hydrogen) atoms. The van der Waals surface area contributed by atoms with Gasteiger partial charge in [0.25, 0.3) is 0 Å². The van der Waals surface area contributed by atoms with Crippen LogP contribution in [-0.2, 0) is 6.42 Å². The van der Waals surface area contributed by atoms with Crippen molar-refractivity contribution in [2.45, 2.75) is 6.42 Å². The highest BCUT2D eigenvalue weighted by atomic mass is 14.9. The number of nitrogens with one attached hydrogen (secondary N) is 1. The van der Waals surface area contributed by atoms with E-state index in [2.05, 4.69) is 21.4 Å². The van der Waals surface area contributed by atoms with E-state index in [0.29, 0.717) is 5.56 Å². The van der Waals surface area contributed by atoms with Crippen molar-refractivity contribution in [3.05, 3.63) is 66.1 Å². The Morgan fingerprint density at radius 3 is 2.71 bits per heavy atom. The number of nitriles is 1. The third-order valence-electron chi connectivity index (χ3n) is 3.30. The molecule has 0 unspecified atom stereocenters. The minimum Gasteiger partial charge on any atom is -0.383 e. The van der Waals surface area contributed by atoms with E-state index in [9.17, 15) is 5.26 Å². The Labute approximate surface area is 123 Å². The van der Waals surface area contributed by atoms with Crippen LogP contribution in [-0.4, -0.2) is 16.5 Å². The van der Waals surface area contributed by atoms with Crippen LogP contribution in [0, 0.1) is 11.3 Å². The summed E-state index contributed by atoms with van der Waals surface area (Å²) in [5, 5.41) is 13.6. The Morgan fingerprint density at radius 2 is 1.90 bits per heavy atom. The van der Waals surface area contributed by atoms with E-state index in [1.54, 1.807) is 12.4 Å². The van der Waals surface area contributed by atoms with Gasteiger partial charge in [0.2, 0.25) is 0 Å². The number of hydrogen-bond acceptors (Lipinski definition) is 4. The highest BCUT2D eigenvalue weighted by Crippen LogP contribution is 2.25. The highest BCUT2D eigenvalue weighted by Gasteiger charge is 2.07. The molecule has 4 heteroatoms. The van der Waals surface area contributed by atoms with Gasteiger partial charge in [0.05, 0.1) is 16.8 Å². The molecule has 0 spiro atoms. The molecule has 0 radical (unpaired) electrons. The minimum atomic E-state index is 0.565. The molecule has 0 aliphatic heterocycles. The van der Waals surface area contributed by atoms with E-state index in [4.69, 9.17) is 0 Å². The second-order valence-electron chi connectivity index (χ2n) is 4.67. The van der Waals surface area contributed by atoms with Gasteiger partial charge in [-0.2, -0.15) is 5.26 Å². The van der Waals surface area contributed by atoms with Gasteiger partial charge in [-0.15, -0.1) is 0 Å². The fourth-order valence-electron chi connectivity index (χ4n) is 2.28. The lowest BCUT2D eigenvalue weighted by atomic mass is 10.1. The van der Waals surface area contributed by atoms with Gasteiger partial charge < -0.3 is 5.32 Å². The third kappa shape index (κ3) is 2.82. The normalized spacial score (nSPS) is 10.2. The largest absolute Gasteiger partial charge is 0.383 e. The summed E-state index contributed by atoms with van der Waals surface area (Å²) in [6, 6.07) is 15.9. The number of benzene rings is 1. The van der Waals surface area contributed by atoms with Crippen LogP contribution < -0.4 is 5.32 Å². The van der Waals surface area contributed by atoms with Crippen LogP contribution in [0.5, 0.6) is 0 Å². The number of hydrogen-bond donors (Lipinski definition) is 1. The van der Waals surface area contributed by atoms with Crippen molar-refractivity contribution in [1.29, 1.82) is 5.26 Å². The second-order valence-corrected chi connectivity index (χ2v) is 4.67. The molecule has 2 heterocycles. The molecular weight excluding hydrogens is 260 g/mol. The van der Waals surface area contributed by atoms with Crippen molar-refractivity contribution in [3.8, 4) is 6.07 Å². The minimum absolute atomic E-state index is 0.565. The van der Waals surface area contributed by atoms with Gasteiger partial charge in [-0.1, -0.05) is 24.3 Å². The molecule has 0 amide bonds. The Morgan fingerprint density at radius 1 is 1.05 bits per heavy atom. The summed E-state index contributed by atoms with van der Waals surface area (Å²) in [6.45, 7) is 0.722. The van der Waals surface area contributed by atoms with E-state index in [1.165, 1.54) is 0 Å². The molecule has 0 aliphatic carbocycles. The van der Waals surface area contributed by atoms with Gasteiger partial charge in [0.15, 0.2) is 0 Å². The maximum absolute atomic E-state index is 9.25. The third-order valence-corrected chi connectivity index (χ3v) is 3.30. The van der Waals surface area contributed by atoms with Crippen LogP contribution in [0.4, 0.5) is 5.69 Å². The van der Waals surface area contributed by atoms with Gasteiger partial charge in [-0.25, -0.2) is 0 Å². The lowest BCUT2D eigenvalue weighted by Gasteiger charge is -2.11. The first-order chi connectivity index (χ1) is 10.4. The van der Waals surface area contributed by atoms with Crippen molar-refractivity contribution in [2.24, 2.45) is 0 Å². The number of para-hydroxylation sites is 1. The van der Waals surface area contributed by atoms with Gasteiger partial charge in [-0.3, -0.25) is 9.97 Å². The molecule has 4 nitrogen and oxygen atoms in total. The standard InChI is InChI=1S/C17H14N4/c18-11-13-12-21-16-7-2-1-6-15(16)17(13)20-10-8-14-5-3-4-9-19-14/h1-7,9,12H,8,10H2,(H,20,21). The SMILES string of the molecule is N#Cc1cnc2ccccc2c1NCCc1ccccn1. The number of fused-ring (bicyclic) bond motifs is 1. The summed E-state index contributed by atoms with van der Waals surface area (Å²) in [4.78, 5) is 8.60. The van der Waals surface area contributed by atoms with Gasteiger partial charge in [0, 0.05) is 36.4 Å². The maximum atomic E-state index is 9.25. The molecule has 102 valence electrons. The molecule has 3 aromatic rings. The van der Waals surface area contributed by atoms with Crippen LogP contribution in [0.25, 0.3) is 10.9 Å². The predicted octanol–water partition coefficient (Wildman–Crippen LogP) is 3.16. The van der Waals surface area contributed by atoms with Crippen LogP contribution in [0.15, 0.2) is 54.9 Å². The molecule has 0 atom stereocenters. The van der Waals surface area contributed by atoms with Crippen molar-refractivity contribution < 1.29 is 0 Å². The Kier molecular flexibility index (Phi) is 3.74. The number of aromatic nitrogens is 2. The average molecular weight is 274 g/mol. The zero-order valence-corrected chi connectivity index (χ0v) is 11.5. The van der Waals surface area contributed by atoms with Gasteiger partial charge in [-0.05, 0) is 18.2 Å². The molecule has 0 bridgehead atoms. The Hall–Kier alpha value is -2.93. The zero-order chi connectivity index (χ0) is 14.5. The summed E-state index contributed by atoms with van der Waals surface area (Å²) in [5.74, 6) is 0. The van der Waals surface area contributed by atoms with E-state index in [1.807, 2.05) is 42.5 Å². The van der Waals surface area contributed by atoms with E-state index >= 15 is 0 Å². The topological polar surface area (TPSA) is 61.6 Å². The fraction of sp³-hybridized carbons (Fsp3) is 0.118. The van der Waals surface area contributed by atoms with Crippen LogP contribution in [0.2, 0.25) is 0 Å². The molecule has 1 aromatic carbocycles. The van der Waals surface area contributed by atoms with E-state index in [0.717, 1.165) is 35.2 Å². The number of nitrogens with zero attached hydrogens (tertiary/aromatic N) is 3. The van der Waals surface area contributed by atoms with Crippen molar-refractivity contribution in [1.82, 2.24) is 9.97 Å². The number of anilines is 1. The summed E-state index contributed by atoms with van der Waals surface area (Å²) < 4.78 is 0. The molecule has 0 saturated carbocycles. The van der Waals surface area contributed by atoms with Gasteiger partial charge >= 0.3 is 0 Å². The van der Waals surface area contributed by atoms with Crippen molar-refractivity contribution in [2.75, 3.05) is 11.9 Å². The average Bonchev–Trinajstić information content (AvgIpc) is 2.56. The second kappa shape index (κ2) is 6.02. The smallest absolute Gasteiger partial charge is 0.103 e. The summed E-state index contributed by atoms with van der Waals surface area (Å²) in [7, 11) is 0. The van der Waals surface area contributed by atoms with E-state index < -0.39 is 0 Å². The molecular formula is C17H14N4. The first kappa shape index (κ1) is 13.1. The quantitative estimate of drug-likeness (QED) is 0.793. The monoisotopic (exact) mass is 274 g/mol. The van der Waals surface area contributed by atoms with E-state index in [-0.39, 0.29) is 0 Å². The molecule has 0 aliphatic rings. The lowest BCUT2D eigenvalue weighted by molar-refractivity contribution is 0.962. The first-order valence-electron chi connectivity index (χ1n) is 6.80. The lowest BCUT2D eigenvalue weighted by Crippen LogP contribution is -2.08. The molecule has 1 N–H and O–H groups in total. The maximum Gasteiger partial charge on any atom is 0.103 e. The zero-order valence-electron chi connectivity index (χ0n) is 11.5. The van der Waals surface area contributed by atoms with Crippen LogP contribution in [0.3, 0.4) is 0 Å².